The molecule has 3 aromatic rings. The third kappa shape index (κ3) is 2.49. The second kappa shape index (κ2) is 7.75. The number of amides is 1. The molecule has 0 unspecified atom stereocenters. The number of nitro groups is 1. The molecule has 190 valence electrons. The average Bonchev–Trinajstić information content (AvgIpc) is 3.63. The number of hydrogen-bond donors (Lipinski definition) is 1. The number of ether oxygens (including phenoxy) is 1. The number of non-ortho nitro benzene ring substituents is 1. The molecular weight excluding hydrogens is 506 g/mol. The zero-order valence-electron chi connectivity index (χ0n) is 20.2. The lowest BCUT2D eigenvalue weighted by Crippen LogP contribution is -2.60. The molecule has 4 aliphatic rings. The number of carbonyl (C=O) groups excluding carboxylic acids is 3. The van der Waals surface area contributed by atoms with Gasteiger partial charge in [0, 0.05) is 58.1 Å². The van der Waals surface area contributed by atoms with Gasteiger partial charge in [0.2, 0.25) is 0 Å². The Labute approximate surface area is 221 Å². The number of fused-ring (bicyclic) bond motifs is 6. The van der Waals surface area contributed by atoms with Crippen molar-refractivity contribution in [1.82, 2.24) is 4.90 Å². The summed E-state index contributed by atoms with van der Waals surface area (Å²) in [4.78, 5) is 57.0. The lowest BCUT2D eigenvalue weighted by molar-refractivity contribution is -0.385. The van der Waals surface area contributed by atoms with Gasteiger partial charge < -0.3 is 10.1 Å². The van der Waals surface area contributed by atoms with E-state index in [1.165, 1.54) is 18.2 Å². The van der Waals surface area contributed by atoms with Crippen LogP contribution in [0.5, 0.6) is 5.75 Å². The van der Waals surface area contributed by atoms with Crippen molar-refractivity contribution in [2.75, 3.05) is 24.1 Å². The largest absolute Gasteiger partial charge is 0.497 e. The number of nitro benzene ring substituents is 1. The molecule has 7 rings (SSSR count). The monoisotopic (exact) mass is 527 g/mol. The zero-order valence-corrected chi connectivity index (χ0v) is 21.0. The summed E-state index contributed by atoms with van der Waals surface area (Å²) in [5.41, 5.74) is -1.84. The SMILES string of the molecule is COc1ccc([C@H]2[C@@H]3CSCN3[C@@]3(C(=O)Nc4ccc([N+](=O)[O-])cc43)C23C(=O)c2ccccc2C3=O)cc1. The van der Waals surface area contributed by atoms with Gasteiger partial charge in [0.25, 0.3) is 11.6 Å². The highest BCUT2D eigenvalue weighted by Crippen LogP contribution is 2.70. The van der Waals surface area contributed by atoms with Crippen molar-refractivity contribution < 1.29 is 24.0 Å². The summed E-state index contributed by atoms with van der Waals surface area (Å²) < 4.78 is 5.34. The van der Waals surface area contributed by atoms with Crippen LogP contribution in [0.1, 0.15) is 37.8 Å². The molecule has 38 heavy (non-hydrogen) atoms. The fourth-order valence-corrected chi connectivity index (χ4v) is 8.49. The molecule has 0 radical (unpaired) electrons. The van der Waals surface area contributed by atoms with Crippen molar-refractivity contribution in [2.45, 2.75) is 17.5 Å². The van der Waals surface area contributed by atoms with E-state index in [-0.39, 0.29) is 22.9 Å². The molecule has 3 aliphatic heterocycles. The molecular formula is C28H21N3O6S. The van der Waals surface area contributed by atoms with Crippen LogP contribution in [0.4, 0.5) is 11.4 Å². The van der Waals surface area contributed by atoms with Crippen molar-refractivity contribution in [3.05, 3.63) is 99.1 Å². The number of ketones is 2. The van der Waals surface area contributed by atoms with E-state index in [1.807, 2.05) is 17.0 Å². The maximum Gasteiger partial charge on any atom is 0.269 e. The Morgan fingerprint density at radius 1 is 1.03 bits per heavy atom. The molecule has 10 heteroatoms. The molecule has 1 N–H and O–H groups in total. The van der Waals surface area contributed by atoms with E-state index in [0.29, 0.717) is 28.6 Å². The van der Waals surface area contributed by atoms with Crippen molar-refractivity contribution in [3.8, 4) is 5.75 Å². The van der Waals surface area contributed by atoms with E-state index in [4.69, 9.17) is 4.74 Å². The minimum absolute atomic E-state index is 0.207. The van der Waals surface area contributed by atoms with E-state index in [0.717, 1.165) is 5.56 Å². The first kappa shape index (κ1) is 23.1. The minimum atomic E-state index is -1.85. The van der Waals surface area contributed by atoms with Gasteiger partial charge in [0.1, 0.15) is 11.2 Å². The Balaban J connectivity index is 1.60. The summed E-state index contributed by atoms with van der Waals surface area (Å²) in [6.45, 7) is 0. The van der Waals surface area contributed by atoms with Crippen molar-refractivity contribution in [3.63, 3.8) is 0 Å². The Hall–Kier alpha value is -4.02. The van der Waals surface area contributed by atoms with Crippen LogP contribution in [0.2, 0.25) is 0 Å². The Morgan fingerprint density at radius 2 is 1.71 bits per heavy atom. The van der Waals surface area contributed by atoms with E-state index in [9.17, 15) is 24.5 Å². The van der Waals surface area contributed by atoms with Crippen LogP contribution in [0.3, 0.4) is 0 Å². The van der Waals surface area contributed by atoms with Gasteiger partial charge in [-0.25, -0.2) is 0 Å². The molecule has 3 aromatic carbocycles. The lowest BCUT2D eigenvalue weighted by atomic mass is 9.57. The molecule has 2 fully saturated rings. The van der Waals surface area contributed by atoms with Crippen LogP contribution in [0.25, 0.3) is 0 Å². The van der Waals surface area contributed by atoms with Gasteiger partial charge in [0.15, 0.2) is 17.1 Å². The number of methoxy groups -OCH3 is 1. The van der Waals surface area contributed by atoms with Gasteiger partial charge in [-0.2, -0.15) is 0 Å². The minimum Gasteiger partial charge on any atom is -0.497 e. The molecule has 1 aliphatic carbocycles. The fraction of sp³-hybridized carbons (Fsp3) is 0.250. The normalized spacial score (nSPS) is 26.5. The van der Waals surface area contributed by atoms with Gasteiger partial charge in [-0.1, -0.05) is 36.4 Å². The van der Waals surface area contributed by atoms with Crippen LogP contribution in [-0.4, -0.2) is 52.1 Å². The van der Waals surface area contributed by atoms with Crippen molar-refractivity contribution >= 4 is 40.6 Å². The first-order valence-corrected chi connectivity index (χ1v) is 13.3. The van der Waals surface area contributed by atoms with Crippen LogP contribution < -0.4 is 10.1 Å². The van der Waals surface area contributed by atoms with Gasteiger partial charge in [-0.3, -0.25) is 29.4 Å². The summed E-state index contributed by atoms with van der Waals surface area (Å²) >= 11 is 1.61. The molecule has 0 saturated carbocycles. The number of thioether (sulfide) groups is 1. The number of rotatable bonds is 3. The van der Waals surface area contributed by atoms with Gasteiger partial charge in [0.05, 0.1) is 12.0 Å². The van der Waals surface area contributed by atoms with E-state index in [1.54, 1.807) is 55.3 Å². The molecule has 2 spiro atoms. The summed E-state index contributed by atoms with van der Waals surface area (Å²) in [5.74, 6) is -0.418. The molecule has 1 amide bonds. The third-order valence-electron chi connectivity index (χ3n) is 8.56. The highest BCUT2D eigenvalue weighted by atomic mass is 32.2. The highest BCUT2D eigenvalue weighted by Gasteiger charge is 2.82. The van der Waals surface area contributed by atoms with E-state index >= 15 is 0 Å². The third-order valence-corrected chi connectivity index (χ3v) is 9.60. The Kier molecular flexibility index (Phi) is 4.71. The van der Waals surface area contributed by atoms with E-state index in [2.05, 4.69) is 5.32 Å². The molecule has 0 bridgehead atoms. The van der Waals surface area contributed by atoms with Crippen molar-refractivity contribution in [1.29, 1.82) is 0 Å². The van der Waals surface area contributed by atoms with Crippen molar-refractivity contribution in [2.24, 2.45) is 5.41 Å². The number of benzene rings is 3. The smallest absolute Gasteiger partial charge is 0.269 e. The molecule has 2 saturated heterocycles. The Morgan fingerprint density at radius 3 is 2.34 bits per heavy atom. The summed E-state index contributed by atoms with van der Waals surface area (Å²) in [7, 11) is 1.56. The molecule has 3 atom stereocenters. The number of hydrogen-bond acceptors (Lipinski definition) is 8. The predicted octanol–water partition coefficient (Wildman–Crippen LogP) is 3.99. The standard InChI is InChI=1S/C28H21N3O6S/c1-37-17-9-6-15(7-10-17)23-22-13-38-14-30(22)28(20-12-16(31(35)36)8-11-21(20)29-26(28)34)27(23)24(32)18-4-2-3-5-19(18)25(27)33/h2-12,22-23H,13-14H2,1H3,(H,29,34)/t22-,23-,28-/m0/s1. The van der Waals surface area contributed by atoms with Crippen LogP contribution in [0.15, 0.2) is 66.7 Å². The first-order chi connectivity index (χ1) is 18.4. The number of carbonyl (C=O) groups is 3. The fourth-order valence-electron chi connectivity index (χ4n) is 7.19. The van der Waals surface area contributed by atoms with Crippen LogP contribution in [-0.2, 0) is 10.3 Å². The average molecular weight is 528 g/mol. The maximum absolute atomic E-state index is 14.7. The topological polar surface area (TPSA) is 119 Å². The number of nitrogens with one attached hydrogen (secondary N) is 1. The summed E-state index contributed by atoms with van der Waals surface area (Å²) in [6.07, 6.45) is 0. The molecule has 9 nitrogen and oxygen atoms in total. The number of nitrogens with zero attached hydrogens (tertiary/aromatic N) is 2. The zero-order chi connectivity index (χ0) is 26.4. The highest BCUT2D eigenvalue weighted by molar-refractivity contribution is 7.99. The summed E-state index contributed by atoms with van der Waals surface area (Å²) in [5, 5.41) is 14.7. The number of Topliss-reactive ketones (excluding diaryl/α,β-unsaturated/α-hetero) is 2. The van der Waals surface area contributed by atoms with E-state index < -0.39 is 39.3 Å². The first-order valence-electron chi connectivity index (χ1n) is 12.1. The van der Waals surface area contributed by atoms with Crippen LogP contribution >= 0.6 is 11.8 Å². The quantitative estimate of drug-likeness (QED) is 0.309. The number of anilines is 1. The van der Waals surface area contributed by atoms with Gasteiger partial charge in [-0.05, 0) is 23.8 Å². The van der Waals surface area contributed by atoms with Gasteiger partial charge in [-0.15, -0.1) is 11.8 Å². The second-order valence-electron chi connectivity index (χ2n) is 9.95. The molecule has 3 heterocycles. The maximum atomic E-state index is 14.7. The summed E-state index contributed by atoms with van der Waals surface area (Å²) in [6, 6.07) is 17.7. The van der Waals surface area contributed by atoms with Gasteiger partial charge >= 0.3 is 0 Å². The predicted molar refractivity (Wildman–Crippen MR) is 140 cm³/mol. The molecule has 0 aromatic heterocycles. The van der Waals surface area contributed by atoms with Crippen LogP contribution in [0, 0.1) is 15.5 Å². The Bertz CT molecular complexity index is 1550. The lowest BCUT2D eigenvalue weighted by Gasteiger charge is -2.42. The second-order valence-corrected chi connectivity index (χ2v) is 11.0.